The van der Waals surface area contributed by atoms with Crippen LogP contribution in [0.4, 0.5) is 22.0 Å². The summed E-state index contributed by atoms with van der Waals surface area (Å²) in [4.78, 5) is 9.93. The number of esters is 1. The van der Waals surface area contributed by atoms with E-state index in [0.717, 1.165) is 0 Å². The molecule has 0 fully saturated rings. The molecule has 0 heterocycles. The van der Waals surface area contributed by atoms with Crippen molar-refractivity contribution in [1.29, 1.82) is 0 Å². The van der Waals surface area contributed by atoms with Crippen molar-refractivity contribution in [1.82, 2.24) is 0 Å². The van der Waals surface area contributed by atoms with E-state index < -0.39 is 31.7 Å². The molecule has 0 unspecified atom stereocenters. The summed E-state index contributed by atoms with van der Waals surface area (Å²) in [5.41, 5.74) is 0. The fourth-order valence-corrected chi connectivity index (χ4v) is 0.0783. The van der Waals surface area contributed by atoms with Gasteiger partial charge in [0.05, 0.1) is 8.46 Å². The Balaban J connectivity index is 0. The maximum absolute atomic E-state index is 11.5. The Labute approximate surface area is 75.2 Å². The summed E-state index contributed by atoms with van der Waals surface area (Å²) in [5, 5.41) is 0. The van der Waals surface area contributed by atoms with Crippen LogP contribution in [0.15, 0.2) is 12.4 Å². The minimum absolute atomic E-state index is 0.568. The van der Waals surface area contributed by atoms with Crippen molar-refractivity contribution in [3.63, 3.8) is 0 Å². The lowest BCUT2D eigenvalue weighted by Crippen LogP contribution is -2.02. The van der Waals surface area contributed by atoms with Gasteiger partial charge in [0.1, 0.15) is 2.74 Å². The van der Waals surface area contributed by atoms with Gasteiger partial charge in [-0.3, -0.25) is 0 Å². The van der Waals surface area contributed by atoms with Crippen LogP contribution in [0.5, 0.6) is 0 Å². The van der Waals surface area contributed by atoms with Gasteiger partial charge in [0.25, 0.3) is 12.8 Å². The van der Waals surface area contributed by atoms with Crippen molar-refractivity contribution < 1.29 is 35.6 Å². The Morgan fingerprint density at radius 1 is 1.46 bits per heavy atom. The van der Waals surface area contributed by atoms with E-state index in [1.165, 1.54) is 0 Å². The van der Waals surface area contributed by atoms with Crippen LogP contribution in [0, 0.1) is 0 Å². The van der Waals surface area contributed by atoms with Gasteiger partial charge in [0.15, 0.2) is 0 Å². The fourth-order valence-electron chi connectivity index (χ4n) is 0.0783. The number of rotatable bonds is 2. The highest BCUT2D eigenvalue weighted by molar-refractivity contribution is 5.84. The van der Waals surface area contributed by atoms with Gasteiger partial charge in [-0.1, -0.05) is 6.58 Å². The van der Waals surface area contributed by atoms with Gasteiger partial charge in [0.2, 0.25) is 5.83 Å². The molecule has 0 aliphatic heterocycles. The van der Waals surface area contributed by atoms with Crippen LogP contribution >= 0.6 is 0 Å². The topological polar surface area (TPSA) is 26.3 Å². The molecule has 0 bridgehead atoms. The molecule has 0 spiro atoms. The second kappa shape index (κ2) is 7.51. The molecule has 0 amide bonds. The second-order valence-electron chi connectivity index (χ2n) is 1.36. The standard InChI is InChI=1S/C4H5FO2.C2H2F4/c1-3(5)4(6)7-2;3-1(4)2(5)6/h1H2,2H3;1-2H/i2D;1D,2D. The van der Waals surface area contributed by atoms with Crippen LogP contribution in [0.1, 0.15) is 4.11 Å². The zero-order chi connectivity index (χ0) is 13.6. The van der Waals surface area contributed by atoms with Gasteiger partial charge in [-0.25, -0.2) is 22.4 Å². The van der Waals surface area contributed by atoms with E-state index in [4.69, 9.17) is 4.11 Å². The molecular weight excluding hydrogens is 199 g/mol. The first-order valence-corrected chi connectivity index (χ1v) is 2.50. The number of carbonyl (C=O) groups is 1. The predicted octanol–water partition coefficient (Wildman–Crippen LogP) is 2.16. The van der Waals surface area contributed by atoms with E-state index in [1.807, 2.05) is 0 Å². The third kappa shape index (κ3) is 10.9. The third-order valence-corrected chi connectivity index (χ3v) is 0.495. The molecule has 0 N–H and O–H groups in total. The zero-order valence-electron chi connectivity index (χ0n) is 9.12. The summed E-state index contributed by atoms with van der Waals surface area (Å²) >= 11 is 0. The number of halogens is 5. The molecule has 0 aromatic heterocycles. The number of ether oxygens (including phenoxy) is 1. The maximum Gasteiger partial charge on any atom is 0.366 e. The highest BCUT2D eigenvalue weighted by atomic mass is 19.3. The van der Waals surface area contributed by atoms with E-state index in [0.29, 0.717) is 0 Å². The minimum atomic E-state index is -4.98. The van der Waals surface area contributed by atoms with Crippen molar-refractivity contribution in [2.75, 3.05) is 7.09 Å². The van der Waals surface area contributed by atoms with Crippen LogP contribution < -0.4 is 0 Å². The van der Waals surface area contributed by atoms with Crippen LogP contribution in [0.3, 0.4) is 0 Å². The van der Waals surface area contributed by atoms with Gasteiger partial charge in [-0.05, 0) is 0 Å². The average molecular weight is 209 g/mol. The lowest BCUT2D eigenvalue weighted by atomic mass is 10.6. The van der Waals surface area contributed by atoms with Crippen LogP contribution in [0.25, 0.3) is 0 Å². The Kier molecular flexibility index (Phi) is 4.88. The van der Waals surface area contributed by atoms with Crippen LogP contribution in [0.2, 0.25) is 0 Å². The van der Waals surface area contributed by atoms with Crippen LogP contribution in [-0.4, -0.2) is 25.9 Å². The highest BCUT2D eigenvalue weighted by Gasteiger charge is 2.15. The molecule has 0 atom stereocenters. The first-order valence-electron chi connectivity index (χ1n) is 4.20. The number of carbonyl (C=O) groups excluding carboxylic acids is 1. The van der Waals surface area contributed by atoms with Crippen LogP contribution in [-0.2, 0) is 9.53 Å². The van der Waals surface area contributed by atoms with Gasteiger partial charge in [-0.15, -0.1) is 0 Å². The van der Waals surface area contributed by atoms with Crippen molar-refractivity contribution in [2.45, 2.75) is 12.8 Å². The van der Waals surface area contributed by atoms with Crippen molar-refractivity contribution in [3.05, 3.63) is 12.4 Å². The number of hydrogen-bond acceptors (Lipinski definition) is 2. The summed E-state index contributed by atoms with van der Waals surface area (Å²) < 4.78 is 76.1. The number of methoxy groups -OCH3 is 1. The van der Waals surface area contributed by atoms with E-state index in [-0.39, 0.29) is 0 Å². The van der Waals surface area contributed by atoms with E-state index in [1.54, 1.807) is 0 Å². The molecule has 2 nitrogen and oxygen atoms in total. The van der Waals surface area contributed by atoms with Crippen molar-refractivity contribution in [3.8, 4) is 0 Å². The van der Waals surface area contributed by atoms with Crippen molar-refractivity contribution in [2.24, 2.45) is 0 Å². The lowest BCUT2D eigenvalue weighted by Gasteiger charge is -1.89. The first-order chi connectivity index (χ1) is 6.93. The molecule has 0 aromatic rings. The summed E-state index contributed by atoms with van der Waals surface area (Å²) in [7, 11) is -0.568. The van der Waals surface area contributed by atoms with Gasteiger partial charge in [0, 0.05) is 0 Å². The molecule has 13 heavy (non-hydrogen) atoms. The molecule has 0 radical (unpaired) electrons. The Bertz CT molecular complexity index is 236. The molecule has 0 saturated carbocycles. The predicted molar refractivity (Wildman–Crippen MR) is 34.3 cm³/mol. The smallest absolute Gasteiger partial charge is 0.366 e. The Hall–Kier alpha value is -1.14. The van der Waals surface area contributed by atoms with E-state index in [2.05, 4.69) is 11.3 Å². The summed E-state index contributed by atoms with van der Waals surface area (Å²) in [6.07, 6.45) is -9.96. The summed E-state index contributed by atoms with van der Waals surface area (Å²) in [6, 6.07) is 0. The Morgan fingerprint density at radius 2 is 1.85 bits per heavy atom. The monoisotopic (exact) mass is 209 g/mol. The summed E-state index contributed by atoms with van der Waals surface area (Å²) in [5.74, 6) is -2.34. The lowest BCUT2D eigenvalue weighted by molar-refractivity contribution is -0.137. The van der Waals surface area contributed by atoms with Gasteiger partial charge in [-0.2, -0.15) is 4.39 Å². The van der Waals surface area contributed by atoms with E-state index >= 15 is 0 Å². The molecule has 0 aromatic carbocycles. The SMILES string of the molecule is [2H]C(F)(F)C([2H])(F)F.[2H]COC(=O)C(=C)F. The maximum atomic E-state index is 11.5. The fraction of sp³-hybridized carbons (Fsp3) is 0.500. The molecule has 78 valence electrons. The first kappa shape index (κ1) is 8.46. The van der Waals surface area contributed by atoms with Gasteiger partial charge >= 0.3 is 5.97 Å². The molecule has 0 saturated heterocycles. The molecule has 7 heteroatoms. The highest BCUT2D eigenvalue weighted by Crippen LogP contribution is 2.04. The normalized spacial score (nSPS) is 14.1. The quantitative estimate of drug-likeness (QED) is 0.395. The number of alkyl halides is 4. The number of hydrogen-bond donors (Lipinski definition) is 0. The molecule has 0 aliphatic rings. The third-order valence-electron chi connectivity index (χ3n) is 0.495. The summed E-state index contributed by atoms with van der Waals surface area (Å²) in [6.45, 7) is 2.65. The van der Waals surface area contributed by atoms with Crippen molar-refractivity contribution >= 4 is 5.97 Å². The minimum Gasteiger partial charge on any atom is -0.464 e. The molecule has 0 rings (SSSR count). The van der Waals surface area contributed by atoms with Gasteiger partial charge < -0.3 is 4.74 Å². The van der Waals surface area contributed by atoms with E-state index in [9.17, 15) is 26.7 Å². The molecule has 0 aliphatic carbocycles. The molecular formula is C6H7F5O2. The largest absolute Gasteiger partial charge is 0.464 e. The Morgan fingerprint density at radius 3 is 1.92 bits per heavy atom. The zero-order valence-corrected chi connectivity index (χ0v) is 6.12. The average Bonchev–Trinajstić information content (AvgIpc) is 2.01. The second-order valence-corrected chi connectivity index (χ2v) is 1.36.